The first-order chi connectivity index (χ1) is 31.5. The second kappa shape index (κ2) is 13.8. The highest BCUT2D eigenvalue weighted by Crippen LogP contribution is 2.57. The maximum Gasteiger partial charge on any atom is 0.159 e. The molecule has 2 heteroatoms. The van der Waals surface area contributed by atoms with Crippen molar-refractivity contribution in [1.82, 2.24) is 0 Å². The SMILES string of the molecule is CC1(C)c2ccccc2-c2ccc(N(c3cccc(C4(c5ccccc5)c5ccccc5-c5ccccc54)c3)c3cccc4c3oc3cc(-c5ccccc5)c5ccccc5c34)cc21. The molecule has 11 aromatic rings. The Kier molecular flexibility index (Phi) is 7.90. The van der Waals surface area contributed by atoms with Crippen molar-refractivity contribution in [3.63, 3.8) is 0 Å². The first-order valence-corrected chi connectivity index (χ1v) is 22.3. The summed E-state index contributed by atoms with van der Waals surface area (Å²) >= 11 is 0. The molecule has 1 aromatic heterocycles. The van der Waals surface area contributed by atoms with Crippen LogP contribution >= 0.6 is 0 Å². The van der Waals surface area contributed by atoms with Gasteiger partial charge in [0.2, 0.25) is 0 Å². The van der Waals surface area contributed by atoms with Crippen molar-refractivity contribution >= 4 is 49.8 Å². The molecule has 2 nitrogen and oxygen atoms in total. The minimum Gasteiger partial charge on any atom is -0.454 e. The highest BCUT2D eigenvalue weighted by molar-refractivity contribution is 6.23. The summed E-state index contributed by atoms with van der Waals surface area (Å²) in [4.78, 5) is 2.44. The number of nitrogens with zero attached hydrogens (tertiary/aromatic N) is 1. The van der Waals surface area contributed by atoms with Gasteiger partial charge in [0.25, 0.3) is 0 Å². The number of fused-ring (bicyclic) bond motifs is 11. The fourth-order valence-corrected chi connectivity index (χ4v) is 11.5. The van der Waals surface area contributed by atoms with Gasteiger partial charge < -0.3 is 9.32 Å². The Morgan fingerprint density at radius 3 is 1.66 bits per heavy atom. The van der Waals surface area contributed by atoms with Crippen molar-refractivity contribution in [2.75, 3.05) is 4.90 Å². The Bertz CT molecular complexity index is 3610. The van der Waals surface area contributed by atoms with Gasteiger partial charge in [-0.3, -0.25) is 0 Å². The molecule has 0 radical (unpaired) electrons. The van der Waals surface area contributed by atoms with Crippen molar-refractivity contribution in [1.29, 1.82) is 0 Å². The van der Waals surface area contributed by atoms with E-state index in [1.165, 1.54) is 72.0 Å². The van der Waals surface area contributed by atoms with Crippen LogP contribution in [-0.4, -0.2) is 0 Å². The van der Waals surface area contributed by atoms with Crippen LogP contribution in [0, 0.1) is 0 Å². The molecule has 0 saturated carbocycles. The number of anilines is 3. The zero-order valence-corrected chi connectivity index (χ0v) is 35.7. The lowest BCUT2D eigenvalue weighted by atomic mass is 9.67. The molecule has 13 rings (SSSR count). The molecule has 0 aliphatic heterocycles. The number of furan rings is 1. The maximum absolute atomic E-state index is 7.23. The lowest BCUT2D eigenvalue weighted by Crippen LogP contribution is -2.28. The molecule has 0 unspecified atom stereocenters. The Hall–Kier alpha value is -7.94. The van der Waals surface area contributed by atoms with Crippen LogP contribution in [0.2, 0.25) is 0 Å². The third kappa shape index (κ3) is 5.08. The fraction of sp³-hybridized carbons (Fsp3) is 0.0645. The van der Waals surface area contributed by atoms with Gasteiger partial charge in [0, 0.05) is 27.6 Å². The summed E-state index contributed by atoms with van der Waals surface area (Å²) in [6.45, 7) is 4.72. The molecule has 10 aromatic carbocycles. The van der Waals surface area contributed by atoms with Gasteiger partial charge in [-0.05, 0) is 114 Å². The number of benzene rings is 10. The predicted molar refractivity (Wildman–Crippen MR) is 266 cm³/mol. The summed E-state index contributed by atoms with van der Waals surface area (Å²) < 4.78 is 7.23. The van der Waals surface area contributed by atoms with Crippen LogP contribution in [0.25, 0.3) is 66.1 Å². The Morgan fingerprint density at radius 1 is 0.375 bits per heavy atom. The first-order valence-electron chi connectivity index (χ1n) is 22.3. The molecule has 0 saturated heterocycles. The number of rotatable bonds is 6. The molecule has 302 valence electrons. The lowest BCUT2D eigenvalue weighted by Gasteiger charge is -2.35. The van der Waals surface area contributed by atoms with Crippen LogP contribution in [0.15, 0.2) is 229 Å². The van der Waals surface area contributed by atoms with Crippen LogP contribution in [0.1, 0.15) is 47.2 Å². The average molecular weight is 818 g/mol. The number of hydrogen-bond donors (Lipinski definition) is 0. The van der Waals surface area contributed by atoms with E-state index in [9.17, 15) is 0 Å². The van der Waals surface area contributed by atoms with Gasteiger partial charge in [-0.2, -0.15) is 0 Å². The molecule has 64 heavy (non-hydrogen) atoms. The summed E-state index contributed by atoms with van der Waals surface area (Å²) in [5.74, 6) is 0. The first kappa shape index (κ1) is 36.7. The molecule has 0 spiro atoms. The zero-order chi connectivity index (χ0) is 42.6. The third-order valence-corrected chi connectivity index (χ3v) is 14.3. The quantitative estimate of drug-likeness (QED) is 0.166. The van der Waals surface area contributed by atoms with Gasteiger partial charge >= 0.3 is 0 Å². The van der Waals surface area contributed by atoms with E-state index < -0.39 is 5.41 Å². The van der Waals surface area contributed by atoms with Gasteiger partial charge in [-0.25, -0.2) is 0 Å². The van der Waals surface area contributed by atoms with Crippen LogP contribution in [0.3, 0.4) is 0 Å². The summed E-state index contributed by atoms with van der Waals surface area (Å²) in [5.41, 5.74) is 19.4. The van der Waals surface area contributed by atoms with Crippen molar-refractivity contribution in [3.05, 3.63) is 258 Å². The molecule has 2 aliphatic rings. The average Bonchev–Trinajstić information content (AvgIpc) is 3.96. The van der Waals surface area contributed by atoms with Crippen molar-refractivity contribution in [2.45, 2.75) is 24.7 Å². The summed E-state index contributed by atoms with van der Waals surface area (Å²) in [6.07, 6.45) is 0. The van der Waals surface area contributed by atoms with Crippen molar-refractivity contribution in [3.8, 4) is 33.4 Å². The second-order valence-corrected chi connectivity index (χ2v) is 18.0. The molecular weight excluding hydrogens is 775 g/mol. The molecule has 0 N–H and O–H groups in total. The molecule has 1 heterocycles. The lowest BCUT2D eigenvalue weighted by molar-refractivity contribution is 0.660. The van der Waals surface area contributed by atoms with Crippen LogP contribution < -0.4 is 4.90 Å². The van der Waals surface area contributed by atoms with Crippen LogP contribution in [0.4, 0.5) is 17.1 Å². The van der Waals surface area contributed by atoms with Gasteiger partial charge in [0.1, 0.15) is 5.58 Å². The smallest absolute Gasteiger partial charge is 0.159 e. The van der Waals surface area contributed by atoms with E-state index in [2.05, 4.69) is 243 Å². The number of hydrogen-bond acceptors (Lipinski definition) is 2. The predicted octanol–water partition coefficient (Wildman–Crippen LogP) is 16.5. The standard InChI is InChI=1S/C62H43NO/c1-61(2)53-31-14-11-26-46(53)49-36-35-44(38-56(49)61)63(57-34-18-30-51-59-50-29-10-9-25-45(50)52(39-58(59)64-60(51)57)40-19-5-3-6-20-40)43-24-17-23-42(37-43)62(41-21-7-4-8-22-41)54-32-15-12-27-47(54)48-28-13-16-33-55(48)62/h3-39H,1-2H3. The maximum atomic E-state index is 7.23. The highest BCUT2D eigenvalue weighted by Gasteiger charge is 2.46. The van der Waals surface area contributed by atoms with Crippen molar-refractivity contribution < 1.29 is 4.42 Å². The van der Waals surface area contributed by atoms with Gasteiger partial charge in [-0.1, -0.05) is 202 Å². The highest BCUT2D eigenvalue weighted by atomic mass is 16.3. The van der Waals surface area contributed by atoms with Crippen molar-refractivity contribution in [2.24, 2.45) is 0 Å². The third-order valence-electron chi connectivity index (χ3n) is 14.3. The second-order valence-electron chi connectivity index (χ2n) is 18.0. The van der Waals surface area contributed by atoms with Gasteiger partial charge in [0.05, 0.1) is 11.1 Å². The van der Waals surface area contributed by atoms with E-state index in [1.807, 2.05) is 0 Å². The van der Waals surface area contributed by atoms with E-state index in [1.54, 1.807) is 0 Å². The molecule has 2 aliphatic carbocycles. The molecule has 0 amide bonds. The van der Waals surface area contributed by atoms with Gasteiger partial charge in [-0.15, -0.1) is 0 Å². The molecular formula is C62H43NO. The normalized spacial score (nSPS) is 14.0. The van der Waals surface area contributed by atoms with Crippen LogP contribution in [0.5, 0.6) is 0 Å². The fourth-order valence-electron chi connectivity index (χ4n) is 11.5. The van der Waals surface area contributed by atoms with E-state index in [0.717, 1.165) is 44.6 Å². The van der Waals surface area contributed by atoms with E-state index in [0.29, 0.717) is 0 Å². The Balaban J connectivity index is 1.09. The molecule has 0 bridgehead atoms. The monoisotopic (exact) mass is 817 g/mol. The molecule has 0 atom stereocenters. The zero-order valence-electron chi connectivity index (χ0n) is 35.7. The topological polar surface area (TPSA) is 16.4 Å². The largest absolute Gasteiger partial charge is 0.454 e. The van der Waals surface area contributed by atoms with E-state index >= 15 is 0 Å². The summed E-state index contributed by atoms with van der Waals surface area (Å²) in [7, 11) is 0. The van der Waals surface area contributed by atoms with E-state index in [4.69, 9.17) is 4.42 Å². The Labute approximate surface area is 373 Å². The Morgan fingerprint density at radius 2 is 0.922 bits per heavy atom. The summed E-state index contributed by atoms with van der Waals surface area (Å²) in [6, 6.07) is 82.6. The van der Waals surface area contributed by atoms with Gasteiger partial charge in [0.15, 0.2) is 5.58 Å². The molecule has 0 fully saturated rings. The summed E-state index contributed by atoms with van der Waals surface area (Å²) in [5, 5.41) is 4.62. The minimum absolute atomic E-state index is 0.178. The van der Waals surface area contributed by atoms with E-state index in [-0.39, 0.29) is 5.41 Å². The number of para-hydroxylation sites is 1. The minimum atomic E-state index is -0.546. The van der Waals surface area contributed by atoms with Crippen LogP contribution in [-0.2, 0) is 10.8 Å².